The van der Waals surface area contributed by atoms with Gasteiger partial charge in [0.25, 0.3) is 0 Å². The van der Waals surface area contributed by atoms with Crippen molar-refractivity contribution in [1.82, 2.24) is 20.1 Å². The van der Waals surface area contributed by atoms with Crippen LogP contribution in [-0.4, -0.2) is 21.3 Å². The monoisotopic (exact) mass is 220 g/mol. The van der Waals surface area contributed by atoms with Crippen LogP contribution in [0.3, 0.4) is 0 Å². The number of aromatic nitrogens is 3. The average Bonchev–Trinajstić information content (AvgIpc) is 2.60. The number of nitrogens with one attached hydrogen (secondary N) is 1. The summed E-state index contributed by atoms with van der Waals surface area (Å²) < 4.78 is 2.37. The molecule has 2 aliphatic rings. The molecular weight excluding hydrogens is 200 g/mol. The fraction of sp³-hybridized carbons (Fsp3) is 0.833. The Morgan fingerprint density at radius 3 is 2.94 bits per heavy atom. The van der Waals surface area contributed by atoms with Gasteiger partial charge in [-0.25, -0.2) is 0 Å². The van der Waals surface area contributed by atoms with Gasteiger partial charge in [-0.3, -0.25) is 0 Å². The molecule has 0 aliphatic carbocycles. The van der Waals surface area contributed by atoms with E-state index in [-0.39, 0.29) is 0 Å². The zero-order valence-corrected chi connectivity index (χ0v) is 9.78. The molecule has 3 heterocycles. The van der Waals surface area contributed by atoms with Crippen molar-refractivity contribution in [3.8, 4) is 0 Å². The standard InChI is InChI=1S/C12H20N4/c1-2-7-11-14-15-12(16(11)9-5-1)10-6-3-4-8-13-10/h10,13H,1-9H2. The van der Waals surface area contributed by atoms with Gasteiger partial charge in [-0.2, -0.15) is 0 Å². The predicted molar refractivity (Wildman–Crippen MR) is 62.2 cm³/mol. The second-order valence-corrected chi connectivity index (χ2v) is 4.94. The molecule has 0 bridgehead atoms. The zero-order valence-electron chi connectivity index (χ0n) is 9.78. The number of hydrogen-bond acceptors (Lipinski definition) is 3. The third kappa shape index (κ3) is 1.86. The maximum Gasteiger partial charge on any atom is 0.150 e. The van der Waals surface area contributed by atoms with E-state index in [9.17, 15) is 0 Å². The summed E-state index contributed by atoms with van der Waals surface area (Å²) in [6.07, 6.45) is 8.84. The zero-order chi connectivity index (χ0) is 10.8. The second-order valence-electron chi connectivity index (χ2n) is 4.94. The van der Waals surface area contributed by atoms with Gasteiger partial charge in [0.1, 0.15) is 11.6 Å². The smallest absolute Gasteiger partial charge is 0.150 e. The Hall–Kier alpha value is -0.900. The van der Waals surface area contributed by atoms with Crippen LogP contribution in [-0.2, 0) is 13.0 Å². The lowest BCUT2D eigenvalue weighted by atomic mass is 10.0. The van der Waals surface area contributed by atoms with E-state index < -0.39 is 0 Å². The summed E-state index contributed by atoms with van der Waals surface area (Å²) in [4.78, 5) is 0. The highest BCUT2D eigenvalue weighted by atomic mass is 15.3. The average molecular weight is 220 g/mol. The van der Waals surface area contributed by atoms with Crippen LogP contribution in [0.25, 0.3) is 0 Å². The van der Waals surface area contributed by atoms with Gasteiger partial charge in [0.2, 0.25) is 0 Å². The van der Waals surface area contributed by atoms with Gasteiger partial charge in [0.15, 0.2) is 0 Å². The van der Waals surface area contributed by atoms with Crippen molar-refractivity contribution in [3.63, 3.8) is 0 Å². The molecule has 1 fully saturated rings. The molecule has 16 heavy (non-hydrogen) atoms. The molecule has 0 aromatic carbocycles. The fourth-order valence-corrected chi connectivity index (χ4v) is 2.84. The normalized spacial score (nSPS) is 26.1. The third-order valence-corrected chi connectivity index (χ3v) is 3.76. The van der Waals surface area contributed by atoms with Crippen LogP contribution in [0.2, 0.25) is 0 Å². The molecule has 0 radical (unpaired) electrons. The van der Waals surface area contributed by atoms with Crippen molar-refractivity contribution in [2.75, 3.05) is 6.54 Å². The number of fused-ring (bicyclic) bond motifs is 1. The van der Waals surface area contributed by atoms with Gasteiger partial charge in [-0.15, -0.1) is 10.2 Å². The molecule has 3 rings (SSSR count). The molecular formula is C12H20N4. The van der Waals surface area contributed by atoms with Gasteiger partial charge in [-0.1, -0.05) is 12.8 Å². The first-order valence-corrected chi connectivity index (χ1v) is 6.60. The summed E-state index contributed by atoms with van der Waals surface area (Å²) in [5, 5.41) is 12.3. The molecule has 1 atom stereocenters. The summed E-state index contributed by atoms with van der Waals surface area (Å²) in [5.41, 5.74) is 0. The van der Waals surface area contributed by atoms with E-state index in [1.807, 2.05) is 0 Å². The maximum atomic E-state index is 4.41. The van der Waals surface area contributed by atoms with E-state index >= 15 is 0 Å². The van der Waals surface area contributed by atoms with Gasteiger partial charge < -0.3 is 9.88 Å². The minimum atomic E-state index is 0.452. The largest absolute Gasteiger partial charge is 0.314 e. The highest BCUT2D eigenvalue weighted by molar-refractivity contribution is 5.03. The van der Waals surface area contributed by atoms with Crippen LogP contribution in [0.15, 0.2) is 0 Å². The van der Waals surface area contributed by atoms with E-state index in [0.29, 0.717) is 6.04 Å². The van der Waals surface area contributed by atoms with E-state index in [1.165, 1.54) is 50.2 Å². The molecule has 1 saturated heterocycles. The maximum absolute atomic E-state index is 4.41. The van der Waals surface area contributed by atoms with Crippen LogP contribution >= 0.6 is 0 Å². The number of aryl methyl sites for hydroxylation is 1. The lowest BCUT2D eigenvalue weighted by Crippen LogP contribution is -2.29. The van der Waals surface area contributed by atoms with Gasteiger partial charge in [-0.05, 0) is 32.2 Å². The molecule has 4 nitrogen and oxygen atoms in total. The molecule has 88 valence electrons. The first-order chi connectivity index (χ1) is 7.95. The predicted octanol–water partition coefficient (Wildman–Crippen LogP) is 1.82. The quantitative estimate of drug-likeness (QED) is 0.785. The molecule has 1 aromatic rings. The topological polar surface area (TPSA) is 42.7 Å². The van der Waals surface area contributed by atoms with E-state index in [0.717, 1.165) is 19.5 Å². The Kier molecular flexibility index (Phi) is 2.91. The van der Waals surface area contributed by atoms with Crippen molar-refractivity contribution in [2.45, 2.75) is 57.5 Å². The third-order valence-electron chi connectivity index (χ3n) is 3.76. The Labute approximate surface area is 96.4 Å². The summed E-state index contributed by atoms with van der Waals surface area (Å²) >= 11 is 0. The second kappa shape index (κ2) is 4.53. The van der Waals surface area contributed by atoms with E-state index in [2.05, 4.69) is 20.1 Å². The lowest BCUT2D eigenvalue weighted by Gasteiger charge is -2.23. The minimum Gasteiger partial charge on any atom is -0.314 e. The van der Waals surface area contributed by atoms with Gasteiger partial charge >= 0.3 is 0 Å². The van der Waals surface area contributed by atoms with E-state index in [1.54, 1.807) is 0 Å². The molecule has 1 N–H and O–H groups in total. The highest BCUT2D eigenvalue weighted by Gasteiger charge is 2.23. The highest BCUT2D eigenvalue weighted by Crippen LogP contribution is 2.24. The molecule has 1 aromatic heterocycles. The molecule has 0 amide bonds. The van der Waals surface area contributed by atoms with Crippen LogP contribution < -0.4 is 5.32 Å². The van der Waals surface area contributed by atoms with Gasteiger partial charge in [0.05, 0.1) is 6.04 Å². The van der Waals surface area contributed by atoms with Crippen LogP contribution in [0.1, 0.15) is 56.2 Å². The number of hydrogen-bond donors (Lipinski definition) is 1. The van der Waals surface area contributed by atoms with Crippen LogP contribution in [0, 0.1) is 0 Å². The number of rotatable bonds is 1. The minimum absolute atomic E-state index is 0.452. The fourth-order valence-electron chi connectivity index (χ4n) is 2.84. The Balaban J connectivity index is 1.86. The van der Waals surface area contributed by atoms with Crippen molar-refractivity contribution >= 4 is 0 Å². The van der Waals surface area contributed by atoms with Crippen molar-refractivity contribution in [2.24, 2.45) is 0 Å². The number of piperidine rings is 1. The Bertz CT molecular complexity index is 352. The summed E-state index contributed by atoms with van der Waals surface area (Å²) in [6, 6.07) is 0.452. The van der Waals surface area contributed by atoms with Crippen LogP contribution in [0.4, 0.5) is 0 Å². The summed E-state index contributed by atoms with van der Waals surface area (Å²) in [5.74, 6) is 2.40. The molecule has 0 spiro atoms. The summed E-state index contributed by atoms with van der Waals surface area (Å²) in [7, 11) is 0. The number of nitrogens with zero attached hydrogens (tertiary/aromatic N) is 3. The Morgan fingerprint density at radius 1 is 1.06 bits per heavy atom. The molecule has 2 aliphatic heterocycles. The van der Waals surface area contributed by atoms with Gasteiger partial charge in [0, 0.05) is 13.0 Å². The molecule has 4 heteroatoms. The van der Waals surface area contributed by atoms with Crippen molar-refractivity contribution < 1.29 is 0 Å². The Morgan fingerprint density at radius 2 is 2.06 bits per heavy atom. The van der Waals surface area contributed by atoms with Crippen molar-refractivity contribution in [3.05, 3.63) is 11.6 Å². The molecule has 0 saturated carbocycles. The first-order valence-electron chi connectivity index (χ1n) is 6.60. The van der Waals surface area contributed by atoms with E-state index in [4.69, 9.17) is 0 Å². The van der Waals surface area contributed by atoms with Crippen molar-refractivity contribution in [1.29, 1.82) is 0 Å². The molecule has 1 unspecified atom stereocenters. The van der Waals surface area contributed by atoms with Crippen LogP contribution in [0.5, 0.6) is 0 Å². The lowest BCUT2D eigenvalue weighted by molar-refractivity contribution is 0.383. The summed E-state index contributed by atoms with van der Waals surface area (Å²) in [6.45, 7) is 2.25. The SMILES string of the molecule is C1CCc2nnc(C3CCCCN3)n2CC1. The first kappa shape index (κ1) is 10.3.